The predicted octanol–water partition coefficient (Wildman–Crippen LogP) is 3.42. The summed E-state index contributed by atoms with van der Waals surface area (Å²) >= 11 is 3.70. The Kier molecular flexibility index (Phi) is 3.62. The topological polar surface area (TPSA) is 0 Å². The molecule has 10 heavy (non-hydrogen) atoms. The second-order valence-corrected chi connectivity index (χ2v) is 4.20. The fourth-order valence-corrected chi connectivity index (χ4v) is 2.39. The van der Waals surface area contributed by atoms with Crippen LogP contribution in [0.2, 0.25) is 0 Å². The molecule has 0 aliphatic heterocycles. The zero-order chi connectivity index (χ0) is 7.23. The van der Waals surface area contributed by atoms with Gasteiger partial charge in [0.15, 0.2) is 0 Å². The van der Waals surface area contributed by atoms with Gasteiger partial charge in [0.2, 0.25) is 0 Å². The van der Waals surface area contributed by atoms with Crippen molar-refractivity contribution in [2.75, 3.05) is 5.75 Å². The molecule has 1 aromatic rings. The standard InChI is InChI=1S/C8H10S2/c1-2-3-6-9-8-5-4-7-10-8/h2,4-5,7H,1,3,6H2. The van der Waals surface area contributed by atoms with Gasteiger partial charge in [-0.05, 0) is 17.9 Å². The highest BCUT2D eigenvalue weighted by Gasteiger charge is 1.90. The van der Waals surface area contributed by atoms with E-state index in [1.54, 1.807) is 11.3 Å². The van der Waals surface area contributed by atoms with Gasteiger partial charge >= 0.3 is 0 Å². The van der Waals surface area contributed by atoms with Crippen molar-refractivity contribution in [3.63, 3.8) is 0 Å². The largest absolute Gasteiger partial charge is 0.137 e. The number of allylic oxidation sites excluding steroid dienone is 1. The molecule has 0 fully saturated rings. The van der Waals surface area contributed by atoms with Crippen molar-refractivity contribution >= 4 is 23.1 Å². The number of thiophene rings is 1. The Bertz CT molecular complexity index is 177. The Balaban J connectivity index is 2.21. The molecule has 0 atom stereocenters. The predicted molar refractivity (Wildman–Crippen MR) is 49.9 cm³/mol. The van der Waals surface area contributed by atoms with Crippen LogP contribution >= 0.6 is 23.1 Å². The number of hydrogen-bond acceptors (Lipinski definition) is 2. The third-order valence-corrected chi connectivity index (χ3v) is 3.23. The monoisotopic (exact) mass is 170 g/mol. The van der Waals surface area contributed by atoms with Crippen LogP contribution in [0.1, 0.15) is 6.42 Å². The average molecular weight is 170 g/mol. The van der Waals surface area contributed by atoms with Crippen molar-refractivity contribution < 1.29 is 0 Å². The second-order valence-electron chi connectivity index (χ2n) is 1.86. The minimum absolute atomic E-state index is 1.10. The molecule has 1 rings (SSSR count). The highest BCUT2D eigenvalue weighted by molar-refractivity contribution is 8.01. The molecule has 2 heteroatoms. The maximum absolute atomic E-state index is 3.67. The number of rotatable bonds is 4. The normalized spacial score (nSPS) is 9.60. The van der Waals surface area contributed by atoms with Gasteiger partial charge in [0.25, 0.3) is 0 Å². The Morgan fingerprint density at radius 2 is 2.60 bits per heavy atom. The molecule has 0 aliphatic rings. The van der Waals surface area contributed by atoms with Crippen LogP contribution in [0.3, 0.4) is 0 Å². The highest BCUT2D eigenvalue weighted by atomic mass is 32.2. The molecular weight excluding hydrogens is 160 g/mol. The molecule has 0 nitrogen and oxygen atoms in total. The second kappa shape index (κ2) is 4.58. The van der Waals surface area contributed by atoms with Crippen molar-refractivity contribution in [3.8, 4) is 0 Å². The molecular formula is C8H10S2. The van der Waals surface area contributed by atoms with Gasteiger partial charge in [-0.25, -0.2) is 0 Å². The molecule has 0 saturated carbocycles. The van der Waals surface area contributed by atoms with Gasteiger partial charge in [0.05, 0.1) is 4.21 Å². The maximum Gasteiger partial charge on any atom is 0.0598 e. The molecule has 0 N–H and O–H groups in total. The third-order valence-electron chi connectivity index (χ3n) is 1.06. The van der Waals surface area contributed by atoms with Gasteiger partial charge in [-0.15, -0.1) is 29.7 Å². The third kappa shape index (κ3) is 2.58. The van der Waals surface area contributed by atoms with E-state index < -0.39 is 0 Å². The smallest absolute Gasteiger partial charge is 0.0598 e. The van der Waals surface area contributed by atoms with Crippen molar-refractivity contribution in [3.05, 3.63) is 30.2 Å². The van der Waals surface area contributed by atoms with Gasteiger partial charge < -0.3 is 0 Å². The molecule has 1 aromatic heterocycles. The lowest BCUT2D eigenvalue weighted by atomic mass is 10.5. The molecule has 0 bridgehead atoms. The van der Waals surface area contributed by atoms with Crippen LogP contribution in [0.25, 0.3) is 0 Å². The van der Waals surface area contributed by atoms with E-state index in [1.165, 1.54) is 4.21 Å². The minimum atomic E-state index is 1.10. The van der Waals surface area contributed by atoms with E-state index in [0.717, 1.165) is 12.2 Å². The van der Waals surface area contributed by atoms with E-state index in [2.05, 4.69) is 24.1 Å². The van der Waals surface area contributed by atoms with Crippen molar-refractivity contribution in [1.82, 2.24) is 0 Å². The van der Waals surface area contributed by atoms with Crippen molar-refractivity contribution in [2.45, 2.75) is 10.6 Å². The summed E-state index contributed by atoms with van der Waals surface area (Å²) in [5, 5.41) is 2.11. The first kappa shape index (κ1) is 7.89. The summed E-state index contributed by atoms with van der Waals surface area (Å²) in [6.45, 7) is 3.67. The van der Waals surface area contributed by atoms with E-state index >= 15 is 0 Å². The van der Waals surface area contributed by atoms with E-state index in [-0.39, 0.29) is 0 Å². The molecule has 0 aromatic carbocycles. The molecule has 0 saturated heterocycles. The molecule has 0 unspecified atom stereocenters. The molecule has 0 spiro atoms. The summed E-state index contributed by atoms with van der Waals surface area (Å²) in [5.41, 5.74) is 0. The maximum atomic E-state index is 3.67. The Morgan fingerprint density at radius 1 is 1.70 bits per heavy atom. The Labute approximate surface area is 70.0 Å². The van der Waals surface area contributed by atoms with Crippen LogP contribution in [0.15, 0.2) is 34.4 Å². The molecule has 0 amide bonds. The van der Waals surface area contributed by atoms with Crippen LogP contribution in [-0.2, 0) is 0 Å². The SMILES string of the molecule is C=CCCSc1cccs1. The zero-order valence-corrected chi connectivity index (χ0v) is 7.38. The molecule has 54 valence electrons. The fourth-order valence-electron chi connectivity index (χ4n) is 0.588. The fraction of sp³-hybridized carbons (Fsp3) is 0.250. The minimum Gasteiger partial charge on any atom is -0.137 e. The molecule has 1 heterocycles. The summed E-state index contributed by atoms with van der Waals surface area (Å²) in [6.07, 6.45) is 3.06. The van der Waals surface area contributed by atoms with Crippen molar-refractivity contribution in [1.29, 1.82) is 0 Å². The van der Waals surface area contributed by atoms with Gasteiger partial charge in [-0.2, -0.15) is 0 Å². The Hall–Kier alpha value is -0.210. The molecule has 0 aliphatic carbocycles. The molecule has 0 radical (unpaired) electrons. The van der Waals surface area contributed by atoms with E-state index in [9.17, 15) is 0 Å². The first-order chi connectivity index (χ1) is 4.93. The van der Waals surface area contributed by atoms with Crippen LogP contribution < -0.4 is 0 Å². The van der Waals surface area contributed by atoms with Gasteiger partial charge in [0.1, 0.15) is 0 Å². The van der Waals surface area contributed by atoms with Crippen LogP contribution in [-0.4, -0.2) is 5.75 Å². The Morgan fingerprint density at radius 3 is 3.20 bits per heavy atom. The lowest BCUT2D eigenvalue weighted by molar-refractivity contribution is 1.25. The van der Waals surface area contributed by atoms with Gasteiger partial charge in [-0.3, -0.25) is 0 Å². The quantitative estimate of drug-likeness (QED) is 0.379. The summed E-state index contributed by atoms with van der Waals surface area (Å²) < 4.78 is 1.40. The van der Waals surface area contributed by atoms with Crippen molar-refractivity contribution in [2.24, 2.45) is 0 Å². The first-order valence-corrected chi connectivity index (χ1v) is 5.07. The lowest BCUT2D eigenvalue weighted by Gasteiger charge is -1.91. The lowest BCUT2D eigenvalue weighted by Crippen LogP contribution is -1.70. The van der Waals surface area contributed by atoms with Crippen LogP contribution in [0.5, 0.6) is 0 Å². The summed E-state index contributed by atoms with van der Waals surface area (Å²) in [5.74, 6) is 1.16. The summed E-state index contributed by atoms with van der Waals surface area (Å²) in [4.78, 5) is 0. The average Bonchev–Trinajstić information content (AvgIpc) is 2.41. The van der Waals surface area contributed by atoms with E-state index in [1.807, 2.05) is 17.8 Å². The van der Waals surface area contributed by atoms with Gasteiger partial charge in [0, 0.05) is 5.75 Å². The first-order valence-electron chi connectivity index (χ1n) is 3.20. The van der Waals surface area contributed by atoms with Crippen LogP contribution in [0.4, 0.5) is 0 Å². The van der Waals surface area contributed by atoms with E-state index in [0.29, 0.717) is 0 Å². The summed E-state index contributed by atoms with van der Waals surface area (Å²) in [6, 6.07) is 4.24. The zero-order valence-electron chi connectivity index (χ0n) is 5.75. The van der Waals surface area contributed by atoms with Gasteiger partial charge in [-0.1, -0.05) is 12.1 Å². The van der Waals surface area contributed by atoms with E-state index in [4.69, 9.17) is 0 Å². The number of hydrogen-bond donors (Lipinski definition) is 0. The highest BCUT2D eigenvalue weighted by Crippen LogP contribution is 2.23. The van der Waals surface area contributed by atoms with Crippen LogP contribution in [0, 0.1) is 0 Å². The summed E-state index contributed by atoms with van der Waals surface area (Å²) in [7, 11) is 0. The number of thioether (sulfide) groups is 1.